The van der Waals surface area contributed by atoms with Gasteiger partial charge in [0.25, 0.3) is 0 Å². The molecule has 0 amide bonds. The predicted molar refractivity (Wildman–Crippen MR) is 52.4 cm³/mol. The van der Waals surface area contributed by atoms with Gasteiger partial charge in [0.15, 0.2) is 0 Å². The first kappa shape index (κ1) is 8.23. The summed E-state index contributed by atoms with van der Waals surface area (Å²) < 4.78 is 0. The predicted octanol–water partition coefficient (Wildman–Crippen LogP) is 2.16. The van der Waals surface area contributed by atoms with Gasteiger partial charge in [-0.05, 0) is 30.0 Å². The van der Waals surface area contributed by atoms with Gasteiger partial charge in [-0.2, -0.15) is 0 Å². The summed E-state index contributed by atoms with van der Waals surface area (Å²) in [5, 5.41) is 10.6. The van der Waals surface area contributed by atoms with Crippen molar-refractivity contribution in [2.24, 2.45) is 5.92 Å². The Kier molecular flexibility index (Phi) is 2.00. The molecule has 0 atom stereocenters. The monoisotopic (exact) mass is 175 g/mol. The van der Waals surface area contributed by atoms with Crippen LogP contribution in [0.3, 0.4) is 0 Å². The molecule has 13 heavy (non-hydrogen) atoms. The number of hydrogen-bond acceptors (Lipinski definition) is 2. The first-order valence-electron chi connectivity index (χ1n) is 4.55. The van der Waals surface area contributed by atoms with Crippen molar-refractivity contribution in [1.29, 1.82) is 0 Å². The van der Waals surface area contributed by atoms with E-state index in [0.717, 1.165) is 17.5 Å². The van der Waals surface area contributed by atoms with Crippen LogP contribution >= 0.6 is 0 Å². The van der Waals surface area contributed by atoms with Crippen LogP contribution < -0.4 is 0 Å². The van der Waals surface area contributed by atoms with Crippen molar-refractivity contribution in [2.45, 2.75) is 20.3 Å². The molecule has 1 N–H and O–H groups in total. The maximum atomic E-state index is 3.93. The lowest BCUT2D eigenvalue weighted by atomic mass is 10.0. The summed E-state index contributed by atoms with van der Waals surface area (Å²) in [4.78, 5) is 0. The zero-order valence-electron chi connectivity index (χ0n) is 7.91. The molecule has 0 fully saturated rings. The molecule has 0 aliphatic heterocycles. The van der Waals surface area contributed by atoms with Crippen molar-refractivity contribution >= 4 is 11.0 Å². The van der Waals surface area contributed by atoms with Crippen LogP contribution in [0.5, 0.6) is 0 Å². The van der Waals surface area contributed by atoms with E-state index in [1.807, 2.05) is 6.07 Å². The summed E-state index contributed by atoms with van der Waals surface area (Å²) in [7, 11) is 0. The molecule has 3 nitrogen and oxygen atoms in total. The minimum Gasteiger partial charge on any atom is -0.258 e. The van der Waals surface area contributed by atoms with Crippen LogP contribution in [-0.2, 0) is 6.42 Å². The smallest absolute Gasteiger partial charge is 0.112 e. The molecule has 0 unspecified atom stereocenters. The molecule has 1 heterocycles. The highest BCUT2D eigenvalue weighted by atomic mass is 15.3. The highest BCUT2D eigenvalue weighted by molar-refractivity contribution is 5.74. The summed E-state index contributed by atoms with van der Waals surface area (Å²) in [5.41, 5.74) is 3.30. The molecular formula is C10H13N3. The topological polar surface area (TPSA) is 41.6 Å². The number of fused-ring (bicyclic) bond motifs is 1. The van der Waals surface area contributed by atoms with Crippen LogP contribution in [0.4, 0.5) is 0 Å². The van der Waals surface area contributed by atoms with Crippen molar-refractivity contribution in [3.05, 3.63) is 23.8 Å². The molecular weight excluding hydrogens is 162 g/mol. The first-order chi connectivity index (χ1) is 6.25. The molecule has 0 saturated carbocycles. The van der Waals surface area contributed by atoms with Crippen LogP contribution in [0.1, 0.15) is 19.4 Å². The van der Waals surface area contributed by atoms with E-state index in [2.05, 4.69) is 41.4 Å². The Morgan fingerprint density at radius 2 is 2.23 bits per heavy atom. The lowest BCUT2D eigenvalue weighted by Gasteiger charge is -2.03. The Balaban J connectivity index is 2.37. The number of hydrogen-bond donors (Lipinski definition) is 1. The van der Waals surface area contributed by atoms with E-state index in [1.165, 1.54) is 5.56 Å². The summed E-state index contributed by atoms with van der Waals surface area (Å²) in [5.74, 6) is 0.688. The Hall–Kier alpha value is -1.38. The number of aromatic amines is 1. The Labute approximate surface area is 77.2 Å². The van der Waals surface area contributed by atoms with Gasteiger partial charge in [0.05, 0.1) is 5.52 Å². The second-order valence-electron chi connectivity index (χ2n) is 3.76. The zero-order chi connectivity index (χ0) is 9.26. The summed E-state index contributed by atoms with van der Waals surface area (Å²) >= 11 is 0. The molecule has 0 radical (unpaired) electrons. The van der Waals surface area contributed by atoms with Crippen molar-refractivity contribution in [3.63, 3.8) is 0 Å². The molecule has 0 aliphatic carbocycles. The second kappa shape index (κ2) is 3.17. The lowest BCUT2D eigenvalue weighted by Crippen LogP contribution is -1.93. The summed E-state index contributed by atoms with van der Waals surface area (Å²) in [6.07, 6.45) is 1.11. The number of H-pyrrole nitrogens is 1. The lowest BCUT2D eigenvalue weighted by molar-refractivity contribution is 0.648. The van der Waals surface area contributed by atoms with Gasteiger partial charge in [-0.15, -0.1) is 5.10 Å². The molecule has 2 rings (SSSR count). The van der Waals surface area contributed by atoms with E-state index in [1.54, 1.807) is 0 Å². The molecule has 0 bridgehead atoms. The number of aromatic nitrogens is 3. The minimum absolute atomic E-state index is 0.688. The van der Waals surface area contributed by atoms with E-state index >= 15 is 0 Å². The molecule has 1 aromatic carbocycles. The van der Waals surface area contributed by atoms with Crippen molar-refractivity contribution < 1.29 is 0 Å². The van der Waals surface area contributed by atoms with Crippen LogP contribution in [0, 0.1) is 5.92 Å². The molecule has 0 spiro atoms. The quantitative estimate of drug-likeness (QED) is 0.759. The average Bonchev–Trinajstić information content (AvgIpc) is 2.49. The van der Waals surface area contributed by atoms with Crippen LogP contribution in [0.15, 0.2) is 18.2 Å². The van der Waals surface area contributed by atoms with Gasteiger partial charge >= 0.3 is 0 Å². The van der Waals surface area contributed by atoms with Crippen LogP contribution in [0.25, 0.3) is 11.0 Å². The van der Waals surface area contributed by atoms with Gasteiger partial charge in [-0.1, -0.05) is 25.1 Å². The van der Waals surface area contributed by atoms with Crippen LogP contribution in [0.2, 0.25) is 0 Å². The van der Waals surface area contributed by atoms with Crippen molar-refractivity contribution in [1.82, 2.24) is 15.4 Å². The normalized spacial score (nSPS) is 11.3. The fourth-order valence-electron chi connectivity index (χ4n) is 1.49. The van der Waals surface area contributed by atoms with E-state index in [4.69, 9.17) is 0 Å². The maximum absolute atomic E-state index is 3.93. The standard InChI is InChI=1S/C10H13N3/c1-7(2)5-8-3-4-9-10(6-8)12-13-11-9/h3-4,6-7H,5H2,1-2H3,(H,11,12,13). The first-order valence-corrected chi connectivity index (χ1v) is 4.55. The highest BCUT2D eigenvalue weighted by Crippen LogP contribution is 2.13. The van der Waals surface area contributed by atoms with Crippen LogP contribution in [-0.4, -0.2) is 15.4 Å². The third kappa shape index (κ3) is 1.69. The molecule has 3 heteroatoms. The van der Waals surface area contributed by atoms with E-state index in [0.29, 0.717) is 5.92 Å². The van der Waals surface area contributed by atoms with Crippen molar-refractivity contribution in [3.8, 4) is 0 Å². The average molecular weight is 175 g/mol. The fourth-order valence-corrected chi connectivity index (χ4v) is 1.49. The van der Waals surface area contributed by atoms with Crippen molar-refractivity contribution in [2.75, 3.05) is 0 Å². The highest BCUT2D eigenvalue weighted by Gasteiger charge is 2.01. The fraction of sp³-hybridized carbons (Fsp3) is 0.400. The largest absolute Gasteiger partial charge is 0.258 e. The Morgan fingerprint density at radius 3 is 3.00 bits per heavy atom. The number of nitrogens with one attached hydrogen (secondary N) is 1. The SMILES string of the molecule is CC(C)Cc1ccc2nn[nH]c2c1. The molecule has 68 valence electrons. The number of nitrogens with zero attached hydrogens (tertiary/aromatic N) is 2. The van der Waals surface area contributed by atoms with Gasteiger partial charge in [-0.25, -0.2) is 0 Å². The minimum atomic E-state index is 0.688. The third-order valence-electron chi connectivity index (χ3n) is 2.03. The van der Waals surface area contributed by atoms with E-state index in [-0.39, 0.29) is 0 Å². The summed E-state index contributed by atoms with van der Waals surface area (Å²) in [6, 6.07) is 6.25. The van der Waals surface area contributed by atoms with Gasteiger partial charge in [0.2, 0.25) is 0 Å². The maximum Gasteiger partial charge on any atom is 0.112 e. The van der Waals surface area contributed by atoms with E-state index in [9.17, 15) is 0 Å². The molecule has 1 aromatic heterocycles. The molecule has 0 saturated heterocycles. The van der Waals surface area contributed by atoms with Gasteiger partial charge in [-0.3, -0.25) is 5.10 Å². The molecule has 2 aromatic rings. The summed E-state index contributed by atoms with van der Waals surface area (Å²) in [6.45, 7) is 4.44. The third-order valence-corrected chi connectivity index (χ3v) is 2.03. The Morgan fingerprint density at radius 1 is 1.38 bits per heavy atom. The van der Waals surface area contributed by atoms with Gasteiger partial charge in [0.1, 0.15) is 5.52 Å². The Bertz CT molecular complexity index is 403. The van der Waals surface area contributed by atoms with Gasteiger partial charge in [0, 0.05) is 0 Å². The van der Waals surface area contributed by atoms with E-state index < -0.39 is 0 Å². The number of benzene rings is 1. The second-order valence-corrected chi connectivity index (χ2v) is 3.76. The zero-order valence-corrected chi connectivity index (χ0v) is 7.91. The van der Waals surface area contributed by atoms with Gasteiger partial charge < -0.3 is 0 Å². The number of rotatable bonds is 2. The molecule has 0 aliphatic rings.